The van der Waals surface area contributed by atoms with Gasteiger partial charge in [0, 0.05) is 25.7 Å². The molecular weight excluding hydrogens is 222 g/mol. The fourth-order valence-electron chi connectivity index (χ4n) is 1.74. The molecule has 92 valence electrons. The van der Waals surface area contributed by atoms with Gasteiger partial charge in [0.05, 0.1) is 19.3 Å². The zero-order valence-corrected chi connectivity index (χ0v) is 9.50. The zero-order chi connectivity index (χ0) is 12.1. The molecule has 0 saturated carbocycles. The van der Waals surface area contributed by atoms with E-state index in [4.69, 9.17) is 0 Å². The van der Waals surface area contributed by atoms with Gasteiger partial charge in [0.1, 0.15) is 0 Å². The molecule has 1 N–H and O–H groups in total. The summed E-state index contributed by atoms with van der Waals surface area (Å²) in [7, 11) is 0. The van der Waals surface area contributed by atoms with Crippen LogP contribution < -0.4 is 5.32 Å². The van der Waals surface area contributed by atoms with Gasteiger partial charge in [-0.2, -0.15) is 0 Å². The van der Waals surface area contributed by atoms with E-state index in [1.165, 1.54) is 0 Å². The number of carbonyl (C=O) groups excluding carboxylic acids is 2. The van der Waals surface area contributed by atoms with Gasteiger partial charge in [0.2, 0.25) is 11.8 Å². The van der Waals surface area contributed by atoms with Gasteiger partial charge in [-0.15, -0.1) is 5.10 Å². The SMILES string of the molecule is O=C1CN(C(=O)CCn2ccnn2)CCCN1. The Hall–Kier alpha value is -1.92. The Labute approximate surface area is 98.8 Å². The molecule has 17 heavy (non-hydrogen) atoms. The van der Waals surface area contributed by atoms with Crippen LogP contribution in [0.5, 0.6) is 0 Å². The molecule has 2 rings (SSSR count). The molecule has 0 aromatic carbocycles. The second-order valence-electron chi connectivity index (χ2n) is 3.93. The maximum absolute atomic E-state index is 11.9. The molecule has 0 unspecified atom stereocenters. The number of hydrogen-bond acceptors (Lipinski definition) is 4. The number of carbonyl (C=O) groups is 2. The Morgan fingerprint density at radius 2 is 2.41 bits per heavy atom. The van der Waals surface area contributed by atoms with Crippen LogP contribution in [0.15, 0.2) is 12.4 Å². The summed E-state index contributed by atoms with van der Waals surface area (Å²) in [6.45, 7) is 1.94. The highest BCUT2D eigenvalue weighted by Gasteiger charge is 2.19. The molecule has 0 atom stereocenters. The molecule has 0 radical (unpaired) electrons. The first-order valence-corrected chi connectivity index (χ1v) is 5.64. The van der Waals surface area contributed by atoms with E-state index in [1.807, 2.05) is 0 Å². The molecular formula is C10H15N5O2. The van der Waals surface area contributed by atoms with E-state index in [2.05, 4.69) is 15.6 Å². The lowest BCUT2D eigenvalue weighted by atomic mass is 10.3. The van der Waals surface area contributed by atoms with Gasteiger partial charge < -0.3 is 10.2 Å². The molecule has 1 saturated heterocycles. The third kappa shape index (κ3) is 3.27. The molecule has 2 heterocycles. The van der Waals surface area contributed by atoms with Crippen LogP contribution in [0.25, 0.3) is 0 Å². The number of aryl methyl sites for hydroxylation is 1. The molecule has 0 bridgehead atoms. The fourth-order valence-corrected chi connectivity index (χ4v) is 1.74. The highest BCUT2D eigenvalue weighted by atomic mass is 16.2. The van der Waals surface area contributed by atoms with Crippen molar-refractivity contribution in [3.8, 4) is 0 Å². The van der Waals surface area contributed by atoms with Gasteiger partial charge in [-0.05, 0) is 6.42 Å². The minimum absolute atomic E-state index is 0.0162. The summed E-state index contributed by atoms with van der Waals surface area (Å²) in [6.07, 6.45) is 4.43. The third-order valence-electron chi connectivity index (χ3n) is 2.64. The standard InChI is InChI=1S/C10H15N5O2/c16-9-8-14(5-1-3-11-9)10(17)2-6-15-7-4-12-13-15/h4,7H,1-3,5-6,8H2,(H,11,16). The molecule has 1 fully saturated rings. The Bertz CT molecular complexity index is 389. The normalized spacial score (nSPS) is 16.5. The third-order valence-corrected chi connectivity index (χ3v) is 2.64. The van der Waals surface area contributed by atoms with E-state index >= 15 is 0 Å². The van der Waals surface area contributed by atoms with Crippen LogP contribution in [0.3, 0.4) is 0 Å². The van der Waals surface area contributed by atoms with E-state index in [-0.39, 0.29) is 18.4 Å². The van der Waals surface area contributed by atoms with E-state index in [1.54, 1.807) is 22.0 Å². The van der Waals surface area contributed by atoms with Crippen LogP contribution in [0.4, 0.5) is 0 Å². The molecule has 0 spiro atoms. The van der Waals surface area contributed by atoms with Crippen LogP contribution >= 0.6 is 0 Å². The first kappa shape index (κ1) is 11.6. The summed E-state index contributed by atoms with van der Waals surface area (Å²) >= 11 is 0. The van der Waals surface area contributed by atoms with Crippen LogP contribution in [-0.2, 0) is 16.1 Å². The van der Waals surface area contributed by atoms with Crippen molar-refractivity contribution in [3.05, 3.63) is 12.4 Å². The van der Waals surface area contributed by atoms with Gasteiger partial charge in [-0.3, -0.25) is 14.3 Å². The van der Waals surface area contributed by atoms with Crippen molar-refractivity contribution >= 4 is 11.8 Å². The largest absolute Gasteiger partial charge is 0.354 e. The monoisotopic (exact) mass is 237 g/mol. The van der Waals surface area contributed by atoms with Gasteiger partial charge in [-0.25, -0.2) is 0 Å². The predicted molar refractivity (Wildman–Crippen MR) is 58.8 cm³/mol. The first-order chi connectivity index (χ1) is 8.25. The number of aromatic nitrogens is 3. The molecule has 1 aliphatic heterocycles. The van der Waals surface area contributed by atoms with Crippen molar-refractivity contribution in [2.24, 2.45) is 0 Å². The van der Waals surface area contributed by atoms with Crippen molar-refractivity contribution in [1.82, 2.24) is 25.2 Å². The molecule has 7 heteroatoms. The van der Waals surface area contributed by atoms with Crippen molar-refractivity contribution in [2.45, 2.75) is 19.4 Å². The summed E-state index contributed by atoms with van der Waals surface area (Å²) < 4.78 is 1.61. The fraction of sp³-hybridized carbons (Fsp3) is 0.600. The van der Waals surface area contributed by atoms with Crippen molar-refractivity contribution in [2.75, 3.05) is 19.6 Å². The molecule has 2 amide bonds. The maximum atomic E-state index is 11.9. The topological polar surface area (TPSA) is 80.1 Å². The maximum Gasteiger partial charge on any atom is 0.239 e. The Morgan fingerprint density at radius 1 is 1.53 bits per heavy atom. The Balaban J connectivity index is 1.84. The molecule has 1 aromatic rings. The van der Waals surface area contributed by atoms with Gasteiger partial charge in [-0.1, -0.05) is 5.21 Å². The van der Waals surface area contributed by atoms with Crippen LogP contribution in [0, 0.1) is 0 Å². The highest BCUT2D eigenvalue weighted by Crippen LogP contribution is 2.01. The van der Waals surface area contributed by atoms with Crippen molar-refractivity contribution < 1.29 is 9.59 Å². The number of hydrogen-bond donors (Lipinski definition) is 1. The summed E-state index contributed by atoms with van der Waals surface area (Å²) in [5.41, 5.74) is 0. The lowest BCUT2D eigenvalue weighted by molar-refractivity contribution is -0.135. The Morgan fingerprint density at radius 3 is 3.18 bits per heavy atom. The van der Waals surface area contributed by atoms with Crippen LogP contribution in [0.2, 0.25) is 0 Å². The van der Waals surface area contributed by atoms with E-state index in [9.17, 15) is 9.59 Å². The lowest BCUT2D eigenvalue weighted by Gasteiger charge is -2.18. The minimum atomic E-state index is -0.0865. The smallest absolute Gasteiger partial charge is 0.239 e. The summed E-state index contributed by atoms with van der Waals surface area (Å²) in [4.78, 5) is 24.8. The second-order valence-corrected chi connectivity index (χ2v) is 3.93. The number of rotatable bonds is 3. The van der Waals surface area contributed by atoms with Crippen LogP contribution in [-0.4, -0.2) is 51.3 Å². The van der Waals surface area contributed by atoms with E-state index < -0.39 is 0 Å². The predicted octanol–water partition coefficient (Wildman–Crippen LogP) is -0.983. The van der Waals surface area contributed by atoms with E-state index in [0.717, 1.165) is 6.42 Å². The van der Waals surface area contributed by atoms with Gasteiger partial charge >= 0.3 is 0 Å². The quantitative estimate of drug-likeness (QED) is 0.732. The lowest BCUT2D eigenvalue weighted by Crippen LogP contribution is -2.37. The molecule has 1 aliphatic rings. The van der Waals surface area contributed by atoms with E-state index in [0.29, 0.717) is 26.1 Å². The molecule has 1 aromatic heterocycles. The summed E-state index contributed by atoms with van der Waals surface area (Å²) in [5, 5.41) is 10.2. The van der Waals surface area contributed by atoms with Gasteiger partial charge in [0.15, 0.2) is 0 Å². The van der Waals surface area contributed by atoms with Crippen LogP contribution in [0.1, 0.15) is 12.8 Å². The second kappa shape index (κ2) is 5.42. The number of nitrogens with one attached hydrogen (secondary N) is 1. The summed E-state index contributed by atoms with van der Waals surface area (Å²) in [6, 6.07) is 0. The minimum Gasteiger partial charge on any atom is -0.354 e. The summed E-state index contributed by atoms with van der Waals surface area (Å²) in [5.74, 6) is -0.103. The highest BCUT2D eigenvalue weighted by molar-refractivity contribution is 5.85. The average Bonchev–Trinajstić information content (AvgIpc) is 2.74. The first-order valence-electron chi connectivity index (χ1n) is 5.64. The van der Waals surface area contributed by atoms with Crippen molar-refractivity contribution in [1.29, 1.82) is 0 Å². The average molecular weight is 237 g/mol. The zero-order valence-electron chi connectivity index (χ0n) is 9.50. The van der Waals surface area contributed by atoms with Crippen molar-refractivity contribution in [3.63, 3.8) is 0 Å². The number of amides is 2. The molecule has 0 aliphatic carbocycles. The van der Waals surface area contributed by atoms with Gasteiger partial charge in [0.25, 0.3) is 0 Å². The number of nitrogens with zero attached hydrogens (tertiary/aromatic N) is 4. The Kier molecular flexibility index (Phi) is 3.69. The molecule has 7 nitrogen and oxygen atoms in total.